The predicted molar refractivity (Wildman–Crippen MR) is 244 cm³/mol. The Labute approximate surface area is 366 Å². The van der Waals surface area contributed by atoms with Gasteiger partial charge in [0.15, 0.2) is 0 Å². The molecule has 0 aliphatic rings. The topological polar surface area (TPSA) is 9.86 Å². The van der Waals surface area contributed by atoms with E-state index in [-0.39, 0.29) is 116 Å². The number of hydrogen-bond donors (Lipinski definition) is 0. The highest BCUT2D eigenvalue weighted by molar-refractivity contribution is 7.25. The molecule has 57 heavy (non-hydrogen) atoms. The third-order valence-electron chi connectivity index (χ3n) is 9.90. The Balaban J connectivity index is 1.19. The van der Waals surface area contributed by atoms with Gasteiger partial charge in [-0.3, -0.25) is 0 Å². The van der Waals surface area contributed by atoms with Crippen LogP contribution in [0.3, 0.4) is 0 Å². The van der Waals surface area contributed by atoms with Crippen LogP contribution in [0.25, 0.3) is 109 Å². The second-order valence-corrected chi connectivity index (χ2v) is 14.1. The van der Waals surface area contributed by atoms with Gasteiger partial charge in [0.2, 0.25) is 0 Å². The maximum Gasteiger partial charge on any atom is 0.0652 e. The molecule has 0 radical (unpaired) electrons. The highest BCUT2D eigenvalue weighted by atomic mass is 32.1. The smallest absolute Gasteiger partial charge is 0.0652 e. The quantitative estimate of drug-likeness (QED) is 0.165. The largest absolute Gasteiger partial charge is 0.309 e. The van der Waals surface area contributed by atoms with Crippen molar-refractivity contribution in [3.05, 3.63) is 206 Å². The first-order valence-corrected chi connectivity index (χ1v) is 18.4. The Kier molecular flexibility index (Phi) is 3.75. The normalized spacial score (nSPS) is 17.5. The van der Waals surface area contributed by atoms with Gasteiger partial charge in [-0.2, -0.15) is 0 Å². The summed E-state index contributed by atoms with van der Waals surface area (Å²) in [5, 5.41) is -0.496. The second kappa shape index (κ2) is 12.7. The van der Waals surface area contributed by atoms with Gasteiger partial charge < -0.3 is 9.13 Å². The van der Waals surface area contributed by atoms with Crippen LogP contribution in [0.2, 0.25) is 0 Å². The molecule has 0 saturated carbocycles. The fraction of sp³-hybridized carbons (Fsp3) is 0. The van der Waals surface area contributed by atoms with Gasteiger partial charge in [-0.1, -0.05) is 127 Å². The van der Waals surface area contributed by atoms with E-state index in [0.717, 1.165) is 23.5 Å². The number of para-hydroxylation sites is 3. The van der Waals surface area contributed by atoms with Crippen molar-refractivity contribution in [2.75, 3.05) is 0 Å². The molecule has 3 heteroatoms. The Bertz CT molecular complexity index is 4870. The molecule has 0 atom stereocenters. The molecule has 0 amide bonds. The predicted octanol–water partition coefficient (Wildman–Crippen LogP) is 15.2. The maximum absolute atomic E-state index is 10.1. The third-order valence-corrected chi connectivity index (χ3v) is 10.9. The van der Waals surface area contributed by atoms with Crippen molar-refractivity contribution >= 4 is 75.1 Å². The summed E-state index contributed by atoms with van der Waals surface area (Å²) in [6.45, 7) is 0. The number of rotatable bonds is 5. The van der Waals surface area contributed by atoms with Crippen LogP contribution in [0.4, 0.5) is 0 Å². The molecule has 0 N–H and O–H groups in total. The van der Waals surface area contributed by atoms with Crippen molar-refractivity contribution in [2.24, 2.45) is 0 Å². The van der Waals surface area contributed by atoms with E-state index in [9.17, 15) is 15.1 Å². The van der Waals surface area contributed by atoms with Gasteiger partial charge in [-0.05, 0) is 112 Å². The monoisotopic (exact) mass is 765 g/mol. The average Bonchev–Trinajstić information content (AvgIpc) is 4.23. The molecule has 266 valence electrons. The van der Waals surface area contributed by atoms with Crippen molar-refractivity contribution in [2.45, 2.75) is 0 Å². The van der Waals surface area contributed by atoms with Crippen LogP contribution < -0.4 is 0 Å². The SMILES string of the molecule is [2H]c1cc([2H])c([2H])c(-c2c([2H])c([2H])c([2H])c(-c3c([2H])c([2H])c4sc5c([2H])cc(-n6c7cc([2H])c([2H])c([2H])c7c7c([2H])c(-c8cc([2H])c([2H])c9c8c8cc([2H])c([2H])c([2H])c8n9-c8ccccc8)c([2H])c([2H])c76)c([2H])c5c4c3[2H])c2[2H])c1. The molecule has 0 fully saturated rings. The lowest BCUT2D eigenvalue weighted by Crippen LogP contribution is -1.93. The second-order valence-electron chi connectivity index (χ2n) is 13.1. The molecule has 0 bridgehead atoms. The van der Waals surface area contributed by atoms with Crippen LogP contribution in [-0.4, -0.2) is 9.13 Å². The summed E-state index contributed by atoms with van der Waals surface area (Å²) in [6.07, 6.45) is 0. The molecule has 3 heterocycles. The molecule has 0 aliphatic heterocycles. The minimum absolute atomic E-state index is 0.0289. The molecule has 12 aromatic rings. The standard InChI is InChI=1S/C54H34N2S/c1-3-13-35(14-4-1)36-15-11-16-37(31-36)38-26-29-52-46(32-38)47-34-41(27-30-53(47)57-52)56-48-22-9-7-19-43(48)45-33-39(25-28-50(45)56)42-21-12-24-51-54(42)44-20-8-10-23-49(44)55(51)40-17-5-2-6-18-40/h1-34H/i3D,4D,7D,8D,9D,10D,11D,12D,13D,15D,16D,19D,23D,24D,25D,26D,28D,29D,30D,31D,32D,33D,34D. The van der Waals surface area contributed by atoms with Gasteiger partial charge in [-0.25, -0.2) is 0 Å². The molecule has 0 spiro atoms. The van der Waals surface area contributed by atoms with Gasteiger partial charge in [-0.15, -0.1) is 11.3 Å². The summed E-state index contributed by atoms with van der Waals surface area (Å²) in [4.78, 5) is 0. The zero-order chi connectivity index (χ0) is 57.5. The van der Waals surface area contributed by atoms with Crippen LogP contribution >= 0.6 is 11.3 Å². The van der Waals surface area contributed by atoms with Crippen molar-refractivity contribution < 1.29 is 31.5 Å². The van der Waals surface area contributed by atoms with E-state index in [0.29, 0.717) is 5.69 Å². The van der Waals surface area contributed by atoms with Crippen molar-refractivity contribution in [1.29, 1.82) is 0 Å². The number of benzene rings is 9. The minimum Gasteiger partial charge on any atom is -0.309 e. The van der Waals surface area contributed by atoms with Gasteiger partial charge in [0.25, 0.3) is 0 Å². The lowest BCUT2D eigenvalue weighted by molar-refractivity contribution is 1.18. The number of fused-ring (bicyclic) bond motifs is 9. The molecule has 12 rings (SSSR count). The zero-order valence-corrected chi connectivity index (χ0v) is 30.0. The molecule has 3 aromatic heterocycles. The fourth-order valence-electron chi connectivity index (χ4n) is 7.42. The van der Waals surface area contributed by atoms with Crippen molar-refractivity contribution in [3.8, 4) is 44.8 Å². The summed E-state index contributed by atoms with van der Waals surface area (Å²) in [5.74, 6) is 0. The van der Waals surface area contributed by atoms with E-state index in [4.69, 9.17) is 16.4 Å². The highest BCUT2D eigenvalue weighted by Gasteiger charge is 2.19. The number of nitrogens with zero attached hydrogens (tertiary/aromatic N) is 2. The van der Waals surface area contributed by atoms with Gasteiger partial charge >= 0.3 is 0 Å². The summed E-state index contributed by atoms with van der Waals surface area (Å²) in [6, 6.07) is 3.49. The van der Waals surface area contributed by atoms with E-state index in [1.807, 2.05) is 0 Å². The van der Waals surface area contributed by atoms with Crippen molar-refractivity contribution in [3.63, 3.8) is 0 Å². The lowest BCUT2D eigenvalue weighted by Gasteiger charge is -2.10. The third kappa shape index (κ3) is 5.03. The maximum atomic E-state index is 10.1. The Hall–Kier alpha value is -7.20. The summed E-state index contributed by atoms with van der Waals surface area (Å²) < 4.78 is 213. The first kappa shape index (κ1) is 16.9. The Morgan fingerprint density at radius 2 is 1.09 bits per heavy atom. The van der Waals surface area contributed by atoms with Crippen LogP contribution in [0.15, 0.2) is 206 Å². The number of hydrogen-bond acceptors (Lipinski definition) is 1. The lowest BCUT2D eigenvalue weighted by atomic mass is 9.98. The highest BCUT2D eigenvalue weighted by Crippen LogP contribution is 2.43. The van der Waals surface area contributed by atoms with E-state index >= 15 is 0 Å². The Morgan fingerprint density at radius 3 is 2.04 bits per heavy atom. The van der Waals surface area contributed by atoms with E-state index in [2.05, 4.69) is 0 Å². The summed E-state index contributed by atoms with van der Waals surface area (Å²) >= 11 is 0.797. The first-order chi connectivity index (χ1) is 37.8. The van der Waals surface area contributed by atoms with Crippen molar-refractivity contribution in [1.82, 2.24) is 9.13 Å². The number of aromatic nitrogens is 2. The van der Waals surface area contributed by atoms with Crippen LogP contribution in [-0.2, 0) is 0 Å². The zero-order valence-electron chi connectivity index (χ0n) is 52.2. The minimum atomic E-state index is -0.783. The van der Waals surface area contributed by atoms with Crippen LogP contribution in [0, 0.1) is 0 Å². The number of thiophene rings is 1. The average molecular weight is 766 g/mol. The summed E-state index contributed by atoms with van der Waals surface area (Å²) in [5.41, 5.74) is -2.22. The first-order valence-electron chi connectivity index (χ1n) is 29.1. The molecular formula is C54H34N2S. The molecular weight excluding hydrogens is 709 g/mol. The Morgan fingerprint density at radius 1 is 0.351 bits per heavy atom. The molecule has 9 aromatic carbocycles. The molecule has 0 unspecified atom stereocenters. The van der Waals surface area contributed by atoms with Crippen LogP contribution in [0.5, 0.6) is 0 Å². The van der Waals surface area contributed by atoms with Gasteiger partial charge in [0, 0.05) is 53.1 Å². The summed E-state index contributed by atoms with van der Waals surface area (Å²) in [7, 11) is 0. The molecule has 2 nitrogen and oxygen atoms in total. The van der Waals surface area contributed by atoms with Gasteiger partial charge in [0.1, 0.15) is 0 Å². The molecule has 0 aliphatic carbocycles. The van der Waals surface area contributed by atoms with Crippen LogP contribution in [0.1, 0.15) is 31.5 Å². The fourth-order valence-corrected chi connectivity index (χ4v) is 8.36. The van der Waals surface area contributed by atoms with E-state index in [1.54, 1.807) is 30.3 Å². The van der Waals surface area contributed by atoms with E-state index in [1.165, 1.54) is 33.4 Å². The van der Waals surface area contributed by atoms with E-state index < -0.39 is 125 Å². The molecule has 0 saturated heterocycles. The van der Waals surface area contributed by atoms with Gasteiger partial charge in [0.05, 0.1) is 53.6 Å².